The van der Waals surface area contributed by atoms with E-state index in [1.165, 1.54) is 0 Å². The van der Waals surface area contributed by atoms with Gasteiger partial charge in [-0.25, -0.2) is 14.6 Å². The van der Waals surface area contributed by atoms with E-state index in [9.17, 15) is 0 Å². The molecule has 3 aromatic rings. The summed E-state index contributed by atoms with van der Waals surface area (Å²) >= 11 is 0. The van der Waals surface area contributed by atoms with Crippen LogP contribution < -0.4 is 9.47 Å². The molecule has 3 heterocycles. The van der Waals surface area contributed by atoms with E-state index in [1.807, 2.05) is 39.0 Å². The second-order valence-corrected chi connectivity index (χ2v) is 5.33. The van der Waals surface area contributed by atoms with Gasteiger partial charge in [-0.1, -0.05) is 0 Å². The topological polar surface area (TPSA) is 87.8 Å². The zero-order valence-electron chi connectivity index (χ0n) is 14.5. The Morgan fingerprint density at radius 2 is 1.92 bits per heavy atom. The van der Waals surface area contributed by atoms with Crippen LogP contribution in [0.25, 0.3) is 11.1 Å². The Kier molecular flexibility index (Phi) is 5.17. The summed E-state index contributed by atoms with van der Waals surface area (Å²) in [6, 6.07) is 5.83. The van der Waals surface area contributed by atoms with Crippen molar-refractivity contribution >= 4 is 0 Å². The molecule has 0 saturated carbocycles. The number of ether oxygens (including phenoxy) is 2. The molecule has 8 nitrogen and oxygen atoms in total. The van der Waals surface area contributed by atoms with Gasteiger partial charge in [0.25, 0.3) is 0 Å². The molecule has 0 unspecified atom stereocenters. The van der Waals surface area contributed by atoms with Crippen LogP contribution in [0.15, 0.2) is 30.6 Å². The van der Waals surface area contributed by atoms with Gasteiger partial charge in [0.1, 0.15) is 5.82 Å². The molecule has 0 amide bonds. The van der Waals surface area contributed by atoms with Crippen LogP contribution in [-0.4, -0.2) is 43.4 Å². The van der Waals surface area contributed by atoms with E-state index >= 15 is 0 Å². The zero-order valence-corrected chi connectivity index (χ0v) is 14.5. The molecule has 8 heteroatoms. The van der Waals surface area contributed by atoms with E-state index in [4.69, 9.17) is 9.47 Å². The monoisotopic (exact) mass is 340 g/mol. The van der Waals surface area contributed by atoms with Gasteiger partial charge in [-0.15, -0.1) is 5.10 Å². The number of pyridine rings is 2. The lowest BCUT2D eigenvalue weighted by Crippen LogP contribution is -2.06. The molecule has 0 spiro atoms. The molecule has 0 radical (unpaired) electrons. The number of tetrazole rings is 1. The summed E-state index contributed by atoms with van der Waals surface area (Å²) < 4.78 is 12.9. The predicted molar refractivity (Wildman–Crippen MR) is 91.5 cm³/mol. The van der Waals surface area contributed by atoms with Crippen LogP contribution in [0.4, 0.5) is 0 Å². The molecule has 0 bridgehead atoms. The number of aromatic nitrogens is 6. The Balaban J connectivity index is 1.98. The molecule has 0 fully saturated rings. The van der Waals surface area contributed by atoms with Crippen molar-refractivity contribution in [1.29, 1.82) is 0 Å². The van der Waals surface area contributed by atoms with Crippen LogP contribution in [0, 0.1) is 6.92 Å². The zero-order chi connectivity index (χ0) is 17.6. The van der Waals surface area contributed by atoms with Crippen molar-refractivity contribution in [1.82, 2.24) is 30.2 Å². The van der Waals surface area contributed by atoms with Gasteiger partial charge in [-0.2, -0.15) is 0 Å². The Morgan fingerprint density at radius 1 is 1.08 bits per heavy atom. The van der Waals surface area contributed by atoms with Crippen molar-refractivity contribution in [2.45, 2.75) is 27.3 Å². The molecule has 0 aliphatic rings. The fourth-order valence-corrected chi connectivity index (χ4v) is 2.41. The van der Waals surface area contributed by atoms with Crippen LogP contribution in [-0.2, 0) is 6.54 Å². The number of aryl methyl sites for hydroxylation is 1. The minimum absolute atomic E-state index is 0.536. The fourth-order valence-electron chi connectivity index (χ4n) is 2.41. The van der Waals surface area contributed by atoms with Crippen LogP contribution in [0.3, 0.4) is 0 Å². The first-order valence-electron chi connectivity index (χ1n) is 8.15. The minimum Gasteiger partial charge on any atom is -0.478 e. The highest BCUT2D eigenvalue weighted by Gasteiger charge is 2.12. The summed E-state index contributed by atoms with van der Waals surface area (Å²) in [4.78, 5) is 8.68. The van der Waals surface area contributed by atoms with Gasteiger partial charge < -0.3 is 9.47 Å². The highest BCUT2D eigenvalue weighted by molar-refractivity contribution is 5.69. The van der Waals surface area contributed by atoms with E-state index in [2.05, 4.69) is 25.5 Å². The Bertz CT molecular complexity index is 849. The van der Waals surface area contributed by atoms with E-state index in [0.29, 0.717) is 31.5 Å². The lowest BCUT2D eigenvalue weighted by Gasteiger charge is -2.12. The summed E-state index contributed by atoms with van der Waals surface area (Å²) in [5.41, 5.74) is 2.79. The maximum absolute atomic E-state index is 5.69. The average Bonchev–Trinajstić information content (AvgIpc) is 3.02. The molecule has 0 aromatic carbocycles. The molecule has 3 rings (SSSR count). The molecule has 0 atom stereocenters. The van der Waals surface area contributed by atoms with E-state index in [-0.39, 0.29) is 0 Å². The van der Waals surface area contributed by atoms with E-state index in [0.717, 1.165) is 22.5 Å². The molecular weight excluding hydrogens is 320 g/mol. The number of hydrogen-bond donors (Lipinski definition) is 0. The first-order valence-corrected chi connectivity index (χ1v) is 8.15. The molecule has 130 valence electrons. The van der Waals surface area contributed by atoms with Gasteiger partial charge in [0.15, 0.2) is 0 Å². The summed E-state index contributed by atoms with van der Waals surface area (Å²) in [7, 11) is 0. The van der Waals surface area contributed by atoms with E-state index < -0.39 is 0 Å². The van der Waals surface area contributed by atoms with Crippen LogP contribution in [0.1, 0.15) is 25.2 Å². The highest BCUT2D eigenvalue weighted by atomic mass is 16.5. The van der Waals surface area contributed by atoms with Crippen molar-refractivity contribution in [3.05, 3.63) is 42.0 Å². The van der Waals surface area contributed by atoms with Gasteiger partial charge in [0, 0.05) is 24.0 Å². The van der Waals surface area contributed by atoms with Crippen molar-refractivity contribution < 1.29 is 9.47 Å². The first kappa shape index (κ1) is 16.8. The highest BCUT2D eigenvalue weighted by Crippen LogP contribution is 2.30. The molecule has 0 aliphatic heterocycles. The summed E-state index contributed by atoms with van der Waals surface area (Å²) in [6.45, 7) is 7.36. The van der Waals surface area contributed by atoms with Crippen LogP contribution in [0.5, 0.6) is 11.8 Å². The predicted octanol–water partition coefficient (Wildman–Crippen LogP) is 2.28. The third-order valence-electron chi connectivity index (χ3n) is 3.57. The smallest absolute Gasteiger partial charge is 0.221 e. The molecule has 0 aliphatic carbocycles. The van der Waals surface area contributed by atoms with Gasteiger partial charge >= 0.3 is 0 Å². The van der Waals surface area contributed by atoms with Crippen molar-refractivity contribution in [2.24, 2.45) is 0 Å². The van der Waals surface area contributed by atoms with Gasteiger partial charge in [0.2, 0.25) is 11.8 Å². The Labute approximate surface area is 145 Å². The molecule has 0 saturated heterocycles. The van der Waals surface area contributed by atoms with Crippen molar-refractivity contribution in [2.75, 3.05) is 13.2 Å². The third-order valence-corrected chi connectivity index (χ3v) is 3.57. The van der Waals surface area contributed by atoms with E-state index in [1.54, 1.807) is 17.1 Å². The maximum atomic E-state index is 5.69. The molecular formula is C17H20N6O2. The molecule has 25 heavy (non-hydrogen) atoms. The van der Waals surface area contributed by atoms with Gasteiger partial charge in [-0.05, 0) is 54.5 Å². The number of rotatable bonds is 7. The maximum Gasteiger partial charge on any atom is 0.221 e. The third kappa shape index (κ3) is 3.90. The molecule has 3 aromatic heterocycles. The number of hydrogen-bond acceptors (Lipinski definition) is 7. The normalized spacial score (nSPS) is 10.7. The lowest BCUT2D eigenvalue weighted by atomic mass is 10.1. The molecule has 0 N–H and O–H groups in total. The van der Waals surface area contributed by atoms with Gasteiger partial charge in [-0.3, -0.25) is 0 Å². The standard InChI is InChI=1S/C17H20N6O2/c1-4-24-16-9-14(6-7-18-16)15-8-13(10-19-17(15)25-5-2)11-23-12(3)20-21-22-23/h6-10H,4-5,11H2,1-3H3. The fraction of sp³-hybridized carbons (Fsp3) is 0.353. The Hall–Kier alpha value is -3.03. The van der Waals surface area contributed by atoms with Gasteiger partial charge in [0.05, 0.1) is 19.8 Å². The van der Waals surface area contributed by atoms with Crippen LogP contribution >= 0.6 is 0 Å². The summed E-state index contributed by atoms with van der Waals surface area (Å²) in [6.07, 6.45) is 3.49. The SMILES string of the molecule is CCOc1cc(-c2cc(Cn3nnnc3C)cnc2OCC)ccn1. The lowest BCUT2D eigenvalue weighted by molar-refractivity contribution is 0.326. The number of nitrogens with zero attached hydrogens (tertiary/aromatic N) is 6. The largest absolute Gasteiger partial charge is 0.478 e. The second-order valence-electron chi connectivity index (χ2n) is 5.33. The first-order chi connectivity index (χ1) is 12.2. The van der Waals surface area contributed by atoms with Crippen LogP contribution in [0.2, 0.25) is 0 Å². The quantitative estimate of drug-likeness (QED) is 0.652. The Morgan fingerprint density at radius 3 is 2.64 bits per heavy atom. The second kappa shape index (κ2) is 7.69. The minimum atomic E-state index is 0.536. The average molecular weight is 340 g/mol. The van der Waals surface area contributed by atoms with Crippen molar-refractivity contribution in [3.8, 4) is 22.9 Å². The summed E-state index contributed by atoms with van der Waals surface area (Å²) in [5.74, 6) is 1.90. The summed E-state index contributed by atoms with van der Waals surface area (Å²) in [5, 5.41) is 11.6. The van der Waals surface area contributed by atoms with Crippen molar-refractivity contribution in [3.63, 3.8) is 0 Å².